The van der Waals surface area contributed by atoms with Crippen molar-refractivity contribution in [3.8, 4) is 28.4 Å². The van der Waals surface area contributed by atoms with Crippen LogP contribution in [0.4, 0.5) is 4.39 Å². The molecule has 3 rings (SSSR count). The van der Waals surface area contributed by atoms with Gasteiger partial charge < -0.3 is 14.9 Å². The predicted octanol–water partition coefficient (Wildman–Crippen LogP) is 3.88. The van der Waals surface area contributed by atoms with E-state index in [0.29, 0.717) is 46.9 Å². The molecule has 5 heteroatoms. The number of aromatic hydroxyl groups is 2. The molecule has 2 aromatic carbocycles. The molecule has 1 aliphatic rings. The van der Waals surface area contributed by atoms with Crippen molar-refractivity contribution in [2.75, 3.05) is 6.61 Å². The Kier molecular flexibility index (Phi) is 3.18. The third kappa shape index (κ3) is 1.96. The van der Waals surface area contributed by atoms with Crippen LogP contribution >= 0.6 is 11.6 Å². The Labute approximate surface area is 120 Å². The first-order valence-corrected chi connectivity index (χ1v) is 6.62. The summed E-state index contributed by atoms with van der Waals surface area (Å²) >= 11 is 6.10. The second-order valence-electron chi connectivity index (χ2n) is 4.65. The van der Waals surface area contributed by atoms with Crippen molar-refractivity contribution in [1.82, 2.24) is 0 Å². The van der Waals surface area contributed by atoms with Crippen LogP contribution < -0.4 is 4.74 Å². The zero-order valence-electron chi connectivity index (χ0n) is 10.5. The molecule has 0 aromatic heterocycles. The van der Waals surface area contributed by atoms with Gasteiger partial charge in [0.1, 0.15) is 11.5 Å². The lowest BCUT2D eigenvalue weighted by molar-refractivity contribution is 0.282. The van der Waals surface area contributed by atoms with E-state index in [1.165, 1.54) is 6.07 Å². The lowest BCUT2D eigenvalue weighted by Crippen LogP contribution is -2.10. The molecule has 104 valence electrons. The van der Waals surface area contributed by atoms with Crippen LogP contribution in [0.5, 0.6) is 17.2 Å². The molecule has 2 N–H and O–H groups in total. The van der Waals surface area contributed by atoms with E-state index in [0.717, 1.165) is 6.07 Å². The highest BCUT2D eigenvalue weighted by Gasteiger charge is 2.25. The third-order valence-electron chi connectivity index (χ3n) is 3.38. The lowest BCUT2D eigenvalue weighted by Gasteiger charge is -2.22. The summed E-state index contributed by atoms with van der Waals surface area (Å²) in [5.41, 5.74) is 1.09. The van der Waals surface area contributed by atoms with Crippen LogP contribution in [-0.4, -0.2) is 16.8 Å². The van der Waals surface area contributed by atoms with Crippen molar-refractivity contribution < 1.29 is 19.3 Å². The molecule has 0 unspecified atom stereocenters. The zero-order chi connectivity index (χ0) is 14.3. The molecule has 0 aliphatic carbocycles. The summed E-state index contributed by atoms with van der Waals surface area (Å²) in [7, 11) is 0. The van der Waals surface area contributed by atoms with Crippen molar-refractivity contribution in [3.05, 3.63) is 40.7 Å². The molecule has 1 aliphatic heterocycles. The summed E-state index contributed by atoms with van der Waals surface area (Å²) < 4.78 is 19.4. The van der Waals surface area contributed by atoms with Gasteiger partial charge >= 0.3 is 0 Å². The number of fused-ring (bicyclic) bond motifs is 1. The molecule has 0 saturated heterocycles. The number of rotatable bonds is 1. The van der Waals surface area contributed by atoms with Gasteiger partial charge in [0.25, 0.3) is 0 Å². The van der Waals surface area contributed by atoms with Crippen LogP contribution in [0.15, 0.2) is 24.3 Å². The highest BCUT2D eigenvalue weighted by Crippen LogP contribution is 2.47. The van der Waals surface area contributed by atoms with Crippen LogP contribution in [0.2, 0.25) is 5.02 Å². The van der Waals surface area contributed by atoms with E-state index in [9.17, 15) is 14.6 Å². The minimum Gasteiger partial charge on any atom is -0.507 e. The monoisotopic (exact) mass is 294 g/mol. The van der Waals surface area contributed by atoms with Gasteiger partial charge in [-0.05, 0) is 31.0 Å². The molecule has 0 saturated carbocycles. The number of phenols is 2. The van der Waals surface area contributed by atoms with Crippen molar-refractivity contribution in [2.45, 2.75) is 12.8 Å². The Hall–Kier alpha value is -1.94. The maximum atomic E-state index is 13.9. The standard InChI is InChI=1S/C15H12ClFO3/c16-10-4-1-5-12(18)13(10)9-7-11(17)14(19)8-3-2-6-20-15(8)9/h1,4-5,7,18-19H,2-3,6H2. The molecule has 0 atom stereocenters. The van der Waals surface area contributed by atoms with E-state index < -0.39 is 11.6 Å². The predicted molar refractivity (Wildman–Crippen MR) is 74.0 cm³/mol. The number of hydrogen-bond acceptors (Lipinski definition) is 3. The Morgan fingerprint density at radius 2 is 2.05 bits per heavy atom. The summed E-state index contributed by atoms with van der Waals surface area (Å²) in [6, 6.07) is 5.82. The minimum atomic E-state index is -0.747. The van der Waals surface area contributed by atoms with Gasteiger partial charge in [-0.3, -0.25) is 0 Å². The largest absolute Gasteiger partial charge is 0.507 e. The highest BCUT2D eigenvalue weighted by molar-refractivity contribution is 6.33. The zero-order valence-corrected chi connectivity index (χ0v) is 11.2. The van der Waals surface area contributed by atoms with E-state index in [1.54, 1.807) is 12.1 Å². The van der Waals surface area contributed by atoms with E-state index in [1.807, 2.05) is 0 Å². The van der Waals surface area contributed by atoms with Crippen LogP contribution in [0.1, 0.15) is 12.0 Å². The molecule has 0 amide bonds. The van der Waals surface area contributed by atoms with Crippen LogP contribution in [0.3, 0.4) is 0 Å². The molecular weight excluding hydrogens is 283 g/mol. The molecule has 0 bridgehead atoms. The van der Waals surface area contributed by atoms with Gasteiger partial charge in [0, 0.05) is 16.7 Å². The first kappa shape index (κ1) is 13.1. The molecule has 0 spiro atoms. The van der Waals surface area contributed by atoms with Crippen LogP contribution in [-0.2, 0) is 6.42 Å². The fourth-order valence-corrected chi connectivity index (χ4v) is 2.73. The minimum absolute atomic E-state index is 0.0565. The second kappa shape index (κ2) is 4.87. The van der Waals surface area contributed by atoms with Gasteiger partial charge in [0.2, 0.25) is 0 Å². The summed E-state index contributed by atoms with van der Waals surface area (Å²) in [6.45, 7) is 0.482. The lowest BCUT2D eigenvalue weighted by atomic mass is 9.96. The van der Waals surface area contributed by atoms with Crippen molar-refractivity contribution >= 4 is 11.6 Å². The molecule has 1 heterocycles. The Morgan fingerprint density at radius 3 is 2.80 bits per heavy atom. The normalized spacial score (nSPS) is 13.7. The van der Waals surface area contributed by atoms with Gasteiger partial charge in [-0.2, -0.15) is 0 Å². The number of ether oxygens (including phenoxy) is 1. The summed E-state index contributed by atoms with van der Waals surface area (Å²) in [6.07, 6.45) is 1.23. The average Bonchev–Trinajstić information content (AvgIpc) is 2.44. The van der Waals surface area contributed by atoms with E-state index in [-0.39, 0.29) is 5.75 Å². The number of halogens is 2. The Morgan fingerprint density at radius 1 is 1.25 bits per heavy atom. The number of phenolic OH excluding ortho intramolecular Hbond substituents is 2. The quantitative estimate of drug-likeness (QED) is 0.839. The first-order valence-electron chi connectivity index (χ1n) is 6.24. The summed E-state index contributed by atoms with van der Waals surface area (Å²) in [5, 5.41) is 20.1. The third-order valence-corrected chi connectivity index (χ3v) is 3.70. The summed E-state index contributed by atoms with van der Waals surface area (Å²) in [4.78, 5) is 0. The Bertz CT molecular complexity index is 665. The molecule has 2 aromatic rings. The fraction of sp³-hybridized carbons (Fsp3) is 0.200. The van der Waals surface area contributed by atoms with Gasteiger partial charge in [-0.25, -0.2) is 4.39 Å². The number of benzene rings is 2. The molecular formula is C15H12ClFO3. The van der Waals surface area contributed by atoms with E-state index in [4.69, 9.17) is 16.3 Å². The summed E-state index contributed by atoms with van der Waals surface area (Å²) in [5.74, 6) is -0.809. The smallest absolute Gasteiger partial charge is 0.165 e. The van der Waals surface area contributed by atoms with E-state index in [2.05, 4.69) is 0 Å². The van der Waals surface area contributed by atoms with Gasteiger partial charge in [-0.15, -0.1) is 0 Å². The van der Waals surface area contributed by atoms with Gasteiger partial charge in [-0.1, -0.05) is 17.7 Å². The molecule has 0 radical (unpaired) electrons. The van der Waals surface area contributed by atoms with Crippen LogP contribution in [0, 0.1) is 5.82 Å². The molecule has 0 fully saturated rings. The van der Waals surface area contributed by atoms with Gasteiger partial charge in [0.05, 0.1) is 11.6 Å². The maximum absolute atomic E-state index is 13.9. The topological polar surface area (TPSA) is 49.7 Å². The molecule has 3 nitrogen and oxygen atoms in total. The fourth-order valence-electron chi connectivity index (χ4n) is 2.46. The maximum Gasteiger partial charge on any atom is 0.165 e. The molecule has 20 heavy (non-hydrogen) atoms. The average molecular weight is 295 g/mol. The Balaban J connectivity index is 2.32. The highest BCUT2D eigenvalue weighted by atomic mass is 35.5. The van der Waals surface area contributed by atoms with Crippen molar-refractivity contribution in [1.29, 1.82) is 0 Å². The van der Waals surface area contributed by atoms with Crippen LogP contribution in [0.25, 0.3) is 11.1 Å². The number of hydrogen-bond donors (Lipinski definition) is 2. The van der Waals surface area contributed by atoms with Crippen molar-refractivity contribution in [3.63, 3.8) is 0 Å². The van der Waals surface area contributed by atoms with Crippen molar-refractivity contribution in [2.24, 2.45) is 0 Å². The van der Waals surface area contributed by atoms with E-state index >= 15 is 0 Å². The first-order chi connectivity index (χ1) is 9.59. The second-order valence-corrected chi connectivity index (χ2v) is 5.06. The SMILES string of the molecule is Oc1cccc(Cl)c1-c1cc(F)c(O)c2c1OCCC2. The van der Waals surface area contributed by atoms with Gasteiger partial charge in [0.15, 0.2) is 11.6 Å².